The predicted octanol–water partition coefficient (Wildman–Crippen LogP) is 3.30. The molecule has 3 fully saturated rings. The Morgan fingerprint density at radius 3 is 2.79 bits per heavy atom. The van der Waals surface area contributed by atoms with Gasteiger partial charge in [0.25, 0.3) is 0 Å². The van der Waals surface area contributed by atoms with Crippen molar-refractivity contribution >= 4 is 21.6 Å². The third kappa shape index (κ3) is 3.12. The van der Waals surface area contributed by atoms with Gasteiger partial charge in [-0.1, -0.05) is 6.07 Å². The second kappa shape index (κ2) is 7.00. The lowest BCUT2D eigenvalue weighted by atomic mass is 9.80. The number of methoxy groups -OCH3 is 1. The number of nitrogens with one attached hydrogen (secondary N) is 1. The lowest BCUT2D eigenvalue weighted by Crippen LogP contribution is -2.44. The maximum Gasteiger partial charge on any atom is 0.316 e. The monoisotopic (exact) mass is 407 g/mol. The second-order valence-electron chi connectivity index (χ2n) is 8.58. The normalized spacial score (nSPS) is 29.1. The summed E-state index contributed by atoms with van der Waals surface area (Å²) in [6.07, 6.45) is 7.51. The Kier molecular flexibility index (Phi) is 4.29. The summed E-state index contributed by atoms with van der Waals surface area (Å²) in [7, 11) is 1.58. The topological polar surface area (TPSA) is 63.2 Å². The quantitative estimate of drug-likeness (QED) is 0.716. The van der Waals surface area contributed by atoms with Crippen LogP contribution in [0.5, 0.6) is 6.01 Å². The van der Waals surface area contributed by atoms with Gasteiger partial charge in [-0.15, -0.1) is 11.3 Å². The van der Waals surface area contributed by atoms with E-state index >= 15 is 0 Å². The molecule has 7 heteroatoms. The van der Waals surface area contributed by atoms with E-state index in [1.54, 1.807) is 7.11 Å². The molecule has 1 N–H and O–H groups in total. The number of thiazole rings is 1. The van der Waals surface area contributed by atoms with Crippen molar-refractivity contribution in [1.29, 1.82) is 0 Å². The van der Waals surface area contributed by atoms with Crippen molar-refractivity contribution in [2.45, 2.75) is 37.3 Å². The highest BCUT2D eigenvalue weighted by molar-refractivity contribution is 7.18. The van der Waals surface area contributed by atoms with E-state index in [4.69, 9.17) is 9.72 Å². The van der Waals surface area contributed by atoms with E-state index in [9.17, 15) is 0 Å². The molecule has 1 aliphatic carbocycles. The number of nitrogens with zero attached hydrogens (tertiary/aromatic N) is 4. The Balaban J connectivity index is 1.16. The van der Waals surface area contributed by atoms with E-state index in [2.05, 4.69) is 38.4 Å². The summed E-state index contributed by atoms with van der Waals surface area (Å²) in [6, 6.07) is 8.34. The first-order valence-electron chi connectivity index (χ1n) is 10.5. The minimum Gasteiger partial charge on any atom is -0.467 e. The van der Waals surface area contributed by atoms with Crippen LogP contribution in [0.3, 0.4) is 0 Å². The Labute approximate surface area is 174 Å². The first-order chi connectivity index (χ1) is 14.3. The molecule has 0 spiro atoms. The molecule has 2 aliphatic heterocycles. The molecule has 1 aromatic carbocycles. The van der Waals surface area contributed by atoms with Gasteiger partial charge in [-0.05, 0) is 49.4 Å². The Hall–Kier alpha value is -2.09. The van der Waals surface area contributed by atoms with Crippen molar-refractivity contribution < 1.29 is 4.74 Å². The first kappa shape index (κ1) is 17.7. The molecular weight excluding hydrogens is 382 g/mol. The van der Waals surface area contributed by atoms with E-state index in [0.29, 0.717) is 11.9 Å². The number of benzene rings is 1. The molecule has 3 aromatic rings. The van der Waals surface area contributed by atoms with Gasteiger partial charge in [-0.25, -0.2) is 15.0 Å². The summed E-state index contributed by atoms with van der Waals surface area (Å²) in [5.74, 6) is 1.51. The van der Waals surface area contributed by atoms with E-state index in [-0.39, 0.29) is 0 Å². The van der Waals surface area contributed by atoms with Gasteiger partial charge in [0.15, 0.2) is 0 Å². The van der Waals surface area contributed by atoms with Crippen molar-refractivity contribution in [2.24, 2.45) is 5.92 Å². The first-order valence-corrected chi connectivity index (χ1v) is 11.3. The summed E-state index contributed by atoms with van der Waals surface area (Å²) < 4.78 is 6.30. The molecule has 29 heavy (non-hydrogen) atoms. The van der Waals surface area contributed by atoms with E-state index in [0.717, 1.165) is 34.6 Å². The minimum absolute atomic E-state index is 0.395. The molecule has 0 bridgehead atoms. The lowest BCUT2D eigenvalue weighted by Gasteiger charge is -2.40. The van der Waals surface area contributed by atoms with E-state index in [1.807, 2.05) is 23.7 Å². The van der Waals surface area contributed by atoms with Crippen molar-refractivity contribution in [3.63, 3.8) is 0 Å². The summed E-state index contributed by atoms with van der Waals surface area (Å²) in [6.45, 7) is 3.75. The minimum atomic E-state index is 0.395. The van der Waals surface area contributed by atoms with Crippen LogP contribution in [0.25, 0.3) is 21.3 Å². The summed E-state index contributed by atoms with van der Waals surface area (Å²) in [5, 5.41) is 4.97. The third-order valence-corrected chi connectivity index (χ3v) is 8.10. The van der Waals surface area contributed by atoms with Crippen molar-refractivity contribution in [1.82, 2.24) is 25.2 Å². The van der Waals surface area contributed by atoms with Gasteiger partial charge in [0, 0.05) is 49.0 Å². The van der Waals surface area contributed by atoms with Gasteiger partial charge in [0.1, 0.15) is 0 Å². The molecule has 6 rings (SSSR count). The molecule has 0 amide bonds. The third-order valence-electron chi connectivity index (χ3n) is 6.92. The zero-order chi connectivity index (χ0) is 19.4. The summed E-state index contributed by atoms with van der Waals surface area (Å²) in [5.41, 5.74) is 3.23. The number of likely N-dealkylation sites (tertiary alicyclic amines) is 1. The standard InChI is InChI=1S/C22H25N5OS/c1-28-22-24-9-16(10-25-22)13-2-3-18-20(8-13)29-21(26-18)15-6-17(7-15)27-11-14-4-5-23-19(14)12-27/h2-3,8-10,14-15,17,19,23H,4-7,11-12H2,1H3/t14-,15-,17+,19?/m1/s1. The van der Waals surface area contributed by atoms with Crippen molar-refractivity contribution in [2.75, 3.05) is 26.7 Å². The van der Waals surface area contributed by atoms with Gasteiger partial charge in [-0.2, -0.15) is 0 Å². The second-order valence-corrected chi connectivity index (χ2v) is 9.64. The maximum absolute atomic E-state index is 5.05. The highest BCUT2D eigenvalue weighted by Crippen LogP contribution is 2.44. The Morgan fingerprint density at radius 2 is 2.00 bits per heavy atom. The molecule has 2 saturated heterocycles. The Bertz CT molecular complexity index is 1020. The van der Waals surface area contributed by atoms with Crippen LogP contribution in [-0.4, -0.2) is 58.7 Å². The predicted molar refractivity (Wildman–Crippen MR) is 114 cm³/mol. The number of hydrogen-bond donors (Lipinski definition) is 1. The highest BCUT2D eigenvalue weighted by Gasteiger charge is 2.43. The Morgan fingerprint density at radius 1 is 1.14 bits per heavy atom. The van der Waals surface area contributed by atoms with Gasteiger partial charge >= 0.3 is 6.01 Å². The molecule has 6 nitrogen and oxygen atoms in total. The average molecular weight is 408 g/mol. The van der Waals surface area contributed by atoms with Crippen molar-refractivity contribution in [3.8, 4) is 17.1 Å². The van der Waals surface area contributed by atoms with Crippen LogP contribution in [0.4, 0.5) is 0 Å². The molecule has 2 aromatic heterocycles. The summed E-state index contributed by atoms with van der Waals surface area (Å²) >= 11 is 1.85. The van der Waals surface area contributed by atoms with Crippen LogP contribution in [0, 0.1) is 5.92 Å². The van der Waals surface area contributed by atoms with Crippen LogP contribution in [0.2, 0.25) is 0 Å². The number of aromatic nitrogens is 3. The number of hydrogen-bond acceptors (Lipinski definition) is 7. The van der Waals surface area contributed by atoms with Crippen LogP contribution < -0.4 is 10.1 Å². The lowest BCUT2D eigenvalue weighted by molar-refractivity contribution is 0.128. The van der Waals surface area contributed by atoms with Crippen LogP contribution in [0.15, 0.2) is 30.6 Å². The average Bonchev–Trinajstić information content (AvgIpc) is 3.41. The number of fused-ring (bicyclic) bond motifs is 2. The van der Waals surface area contributed by atoms with E-state index in [1.165, 1.54) is 48.6 Å². The van der Waals surface area contributed by atoms with Gasteiger partial charge in [-0.3, -0.25) is 4.90 Å². The highest BCUT2D eigenvalue weighted by atomic mass is 32.1. The molecule has 150 valence electrons. The van der Waals surface area contributed by atoms with Crippen LogP contribution in [0.1, 0.15) is 30.2 Å². The smallest absolute Gasteiger partial charge is 0.316 e. The van der Waals surface area contributed by atoms with Gasteiger partial charge in [0.05, 0.1) is 22.3 Å². The zero-order valence-corrected chi connectivity index (χ0v) is 17.4. The van der Waals surface area contributed by atoms with E-state index < -0.39 is 0 Å². The molecule has 3 aliphatic rings. The molecule has 2 atom stereocenters. The molecule has 0 radical (unpaired) electrons. The molecular formula is C22H25N5OS. The number of ether oxygens (including phenoxy) is 1. The maximum atomic E-state index is 5.05. The fraction of sp³-hybridized carbons (Fsp3) is 0.500. The zero-order valence-electron chi connectivity index (χ0n) is 16.5. The number of rotatable bonds is 4. The fourth-order valence-electron chi connectivity index (χ4n) is 5.14. The van der Waals surface area contributed by atoms with Crippen LogP contribution in [-0.2, 0) is 0 Å². The van der Waals surface area contributed by atoms with Crippen molar-refractivity contribution in [3.05, 3.63) is 35.6 Å². The molecule has 1 saturated carbocycles. The largest absolute Gasteiger partial charge is 0.467 e. The summed E-state index contributed by atoms with van der Waals surface area (Å²) in [4.78, 5) is 16.1. The van der Waals surface area contributed by atoms with Crippen LogP contribution >= 0.6 is 11.3 Å². The molecule has 4 heterocycles. The van der Waals surface area contributed by atoms with Gasteiger partial charge in [0.2, 0.25) is 0 Å². The van der Waals surface area contributed by atoms with Gasteiger partial charge < -0.3 is 10.1 Å². The fourth-order valence-corrected chi connectivity index (χ4v) is 6.27. The SMILES string of the molecule is COc1ncc(-c2ccc3nc([C@H]4C[C@@H](N5CC6NCC[C@@H]6C5)C4)sc3c2)cn1. The molecule has 1 unspecified atom stereocenters.